The smallest absolute Gasteiger partial charge is 0.233 e. The number of amides is 1. The van der Waals surface area contributed by atoms with Crippen LogP contribution in [0.25, 0.3) is 0 Å². The number of likely N-dealkylation sites (N-methyl/N-ethyl adjacent to an activating group) is 1. The van der Waals surface area contributed by atoms with E-state index in [-0.39, 0.29) is 5.91 Å². The second-order valence-corrected chi connectivity index (χ2v) is 3.65. The standard InChI is InChI=1S/C11H20N4O/c1-4-13-11(16)8-12-7-10-6-9(3)14-15(10)5-2/h6,12H,4-5,7-8H2,1-3H3,(H,13,16). The summed E-state index contributed by atoms with van der Waals surface area (Å²) in [5.41, 5.74) is 2.13. The van der Waals surface area contributed by atoms with E-state index < -0.39 is 0 Å². The molecule has 0 atom stereocenters. The molecular formula is C11H20N4O. The summed E-state index contributed by atoms with van der Waals surface area (Å²) in [5.74, 6) is 0.0294. The molecule has 0 radical (unpaired) electrons. The summed E-state index contributed by atoms with van der Waals surface area (Å²) in [7, 11) is 0. The van der Waals surface area contributed by atoms with E-state index in [0.29, 0.717) is 19.6 Å². The predicted molar refractivity (Wildman–Crippen MR) is 63.0 cm³/mol. The van der Waals surface area contributed by atoms with Gasteiger partial charge in [0.25, 0.3) is 0 Å². The van der Waals surface area contributed by atoms with Crippen molar-refractivity contribution < 1.29 is 4.79 Å². The SMILES string of the molecule is CCNC(=O)CNCc1cc(C)nn1CC. The van der Waals surface area contributed by atoms with Crippen molar-refractivity contribution in [2.75, 3.05) is 13.1 Å². The Morgan fingerprint density at radius 3 is 2.88 bits per heavy atom. The molecule has 0 aromatic carbocycles. The molecule has 0 bridgehead atoms. The maximum Gasteiger partial charge on any atom is 0.233 e. The number of carbonyl (C=O) groups is 1. The van der Waals surface area contributed by atoms with Gasteiger partial charge in [-0.2, -0.15) is 5.10 Å². The normalized spacial score (nSPS) is 10.4. The zero-order chi connectivity index (χ0) is 12.0. The van der Waals surface area contributed by atoms with Crippen molar-refractivity contribution in [3.63, 3.8) is 0 Å². The van der Waals surface area contributed by atoms with Crippen LogP contribution in [0.5, 0.6) is 0 Å². The van der Waals surface area contributed by atoms with Crippen LogP contribution in [0.4, 0.5) is 0 Å². The number of hydrogen-bond donors (Lipinski definition) is 2. The van der Waals surface area contributed by atoms with E-state index >= 15 is 0 Å². The Labute approximate surface area is 96.2 Å². The lowest BCUT2D eigenvalue weighted by molar-refractivity contribution is -0.120. The van der Waals surface area contributed by atoms with Gasteiger partial charge in [0.15, 0.2) is 0 Å². The molecule has 1 aromatic rings. The first-order chi connectivity index (χ1) is 7.67. The van der Waals surface area contributed by atoms with Gasteiger partial charge in [-0.15, -0.1) is 0 Å². The molecule has 0 aliphatic carbocycles. The van der Waals surface area contributed by atoms with Gasteiger partial charge in [-0.25, -0.2) is 0 Å². The first kappa shape index (κ1) is 12.7. The van der Waals surface area contributed by atoms with Gasteiger partial charge in [-0.05, 0) is 26.8 Å². The summed E-state index contributed by atoms with van der Waals surface area (Å²) < 4.78 is 1.94. The molecule has 1 heterocycles. The number of hydrogen-bond acceptors (Lipinski definition) is 3. The summed E-state index contributed by atoms with van der Waals surface area (Å²) in [6.45, 7) is 8.48. The highest BCUT2D eigenvalue weighted by atomic mass is 16.1. The van der Waals surface area contributed by atoms with Gasteiger partial charge in [-0.1, -0.05) is 0 Å². The Morgan fingerprint density at radius 2 is 2.25 bits per heavy atom. The number of rotatable bonds is 6. The average molecular weight is 224 g/mol. The lowest BCUT2D eigenvalue weighted by Gasteiger charge is -2.06. The minimum absolute atomic E-state index is 0.0294. The minimum Gasteiger partial charge on any atom is -0.355 e. The van der Waals surface area contributed by atoms with E-state index in [4.69, 9.17) is 0 Å². The quantitative estimate of drug-likeness (QED) is 0.737. The molecule has 5 heteroatoms. The first-order valence-corrected chi connectivity index (χ1v) is 5.68. The van der Waals surface area contributed by atoms with Crippen LogP contribution in [0.2, 0.25) is 0 Å². The fourth-order valence-corrected chi connectivity index (χ4v) is 1.58. The zero-order valence-electron chi connectivity index (χ0n) is 10.2. The molecule has 0 spiro atoms. The van der Waals surface area contributed by atoms with Gasteiger partial charge in [0.2, 0.25) is 5.91 Å². The number of nitrogens with zero attached hydrogens (tertiary/aromatic N) is 2. The predicted octanol–water partition coefficient (Wildman–Crippen LogP) is 0.437. The molecule has 1 amide bonds. The first-order valence-electron chi connectivity index (χ1n) is 5.68. The summed E-state index contributed by atoms with van der Waals surface area (Å²) in [5, 5.41) is 10.2. The van der Waals surface area contributed by atoms with E-state index in [2.05, 4.69) is 22.7 Å². The van der Waals surface area contributed by atoms with Crippen molar-refractivity contribution in [2.24, 2.45) is 0 Å². The molecule has 90 valence electrons. The lowest BCUT2D eigenvalue weighted by Crippen LogP contribution is -2.33. The van der Waals surface area contributed by atoms with E-state index in [9.17, 15) is 4.79 Å². The lowest BCUT2D eigenvalue weighted by atomic mass is 10.3. The van der Waals surface area contributed by atoms with Crippen molar-refractivity contribution >= 4 is 5.91 Å². The van der Waals surface area contributed by atoms with Crippen molar-refractivity contribution in [1.82, 2.24) is 20.4 Å². The highest BCUT2D eigenvalue weighted by Crippen LogP contribution is 2.02. The summed E-state index contributed by atoms with van der Waals surface area (Å²) in [4.78, 5) is 11.2. The second-order valence-electron chi connectivity index (χ2n) is 3.65. The molecule has 16 heavy (non-hydrogen) atoms. The Balaban J connectivity index is 2.39. The van der Waals surface area contributed by atoms with Crippen LogP contribution in [0.15, 0.2) is 6.07 Å². The molecule has 0 unspecified atom stereocenters. The second kappa shape index (κ2) is 6.27. The molecule has 5 nitrogen and oxygen atoms in total. The zero-order valence-corrected chi connectivity index (χ0v) is 10.2. The molecule has 2 N–H and O–H groups in total. The molecule has 0 aliphatic heterocycles. The van der Waals surface area contributed by atoms with Crippen molar-refractivity contribution in [1.29, 1.82) is 0 Å². The third-order valence-electron chi connectivity index (χ3n) is 2.25. The Morgan fingerprint density at radius 1 is 1.50 bits per heavy atom. The molecular weight excluding hydrogens is 204 g/mol. The van der Waals surface area contributed by atoms with Crippen LogP contribution in [0.3, 0.4) is 0 Å². The van der Waals surface area contributed by atoms with Crippen molar-refractivity contribution in [2.45, 2.75) is 33.9 Å². The fourth-order valence-electron chi connectivity index (χ4n) is 1.58. The highest BCUT2D eigenvalue weighted by Gasteiger charge is 2.04. The van der Waals surface area contributed by atoms with Crippen LogP contribution in [0.1, 0.15) is 25.2 Å². The fraction of sp³-hybridized carbons (Fsp3) is 0.636. The van der Waals surface area contributed by atoms with Gasteiger partial charge in [-0.3, -0.25) is 9.48 Å². The summed E-state index contributed by atoms with van der Waals surface area (Å²) >= 11 is 0. The topological polar surface area (TPSA) is 59.0 Å². The van der Waals surface area contributed by atoms with Gasteiger partial charge >= 0.3 is 0 Å². The maximum absolute atomic E-state index is 11.2. The highest BCUT2D eigenvalue weighted by molar-refractivity contribution is 5.77. The maximum atomic E-state index is 11.2. The molecule has 1 aromatic heterocycles. The van der Waals surface area contributed by atoms with E-state index in [1.54, 1.807) is 0 Å². The Hall–Kier alpha value is -1.36. The average Bonchev–Trinajstić information content (AvgIpc) is 2.59. The molecule has 0 saturated carbocycles. The van der Waals surface area contributed by atoms with Gasteiger partial charge in [0.05, 0.1) is 17.9 Å². The molecule has 0 aliphatic rings. The van der Waals surface area contributed by atoms with Gasteiger partial charge in [0, 0.05) is 19.6 Å². The van der Waals surface area contributed by atoms with Crippen LogP contribution in [-0.2, 0) is 17.9 Å². The van der Waals surface area contributed by atoms with Crippen LogP contribution < -0.4 is 10.6 Å². The number of aromatic nitrogens is 2. The summed E-state index contributed by atoms with van der Waals surface area (Å²) in [6.07, 6.45) is 0. The van der Waals surface area contributed by atoms with Crippen molar-refractivity contribution in [3.8, 4) is 0 Å². The van der Waals surface area contributed by atoms with E-state index in [1.165, 1.54) is 0 Å². The minimum atomic E-state index is 0.0294. The molecule has 0 saturated heterocycles. The third kappa shape index (κ3) is 3.66. The van der Waals surface area contributed by atoms with Crippen molar-refractivity contribution in [3.05, 3.63) is 17.5 Å². The number of carbonyl (C=O) groups excluding carboxylic acids is 1. The Bertz CT molecular complexity index is 346. The largest absolute Gasteiger partial charge is 0.355 e. The third-order valence-corrected chi connectivity index (χ3v) is 2.25. The van der Waals surface area contributed by atoms with E-state index in [0.717, 1.165) is 17.9 Å². The van der Waals surface area contributed by atoms with Crippen LogP contribution in [-0.4, -0.2) is 28.8 Å². The van der Waals surface area contributed by atoms with Gasteiger partial charge in [0.1, 0.15) is 0 Å². The van der Waals surface area contributed by atoms with E-state index in [1.807, 2.05) is 24.6 Å². The molecule has 1 rings (SSSR count). The van der Waals surface area contributed by atoms with Crippen LogP contribution in [0, 0.1) is 6.92 Å². The molecule has 0 fully saturated rings. The monoisotopic (exact) mass is 224 g/mol. The number of nitrogens with one attached hydrogen (secondary N) is 2. The number of aryl methyl sites for hydroxylation is 2. The summed E-state index contributed by atoms with van der Waals surface area (Å²) in [6, 6.07) is 2.04. The van der Waals surface area contributed by atoms with Crippen LogP contribution >= 0.6 is 0 Å². The van der Waals surface area contributed by atoms with Gasteiger partial charge < -0.3 is 10.6 Å². The Kier molecular flexibility index (Phi) is 4.98.